The minimum absolute atomic E-state index is 0.741. The van der Waals surface area contributed by atoms with Gasteiger partial charge in [0.2, 0.25) is 0 Å². The zero-order valence-electron chi connectivity index (χ0n) is 7.02. The summed E-state index contributed by atoms with van der Waals surface area (Å²) < 4.78 is 0. The lowest BCUT2D eigenvalue weighted by atomic mass is 10.1. The molecule has 0 aromatic heterocycles. The first-order chi connectivity index (χ1) is 4.16. The second-order valence-electron chi connectivity index (χ2n) is 2.88. The lowest BCUT2D eigenvalue weighted by Crippen LogP contribution is -2.19. The Labute approximate surface area is 59.1 Å². The van der Waals surface area contributed by atoms with Gasteiger partial charge >= 0.3 is 0 Å². The molecule has 1 radical (unpaired) electrons. The van der Waals surface area contributed by atoms with Crippen LogP contribution in [0.25, 0.3) is 0 Å². The van der Waals surface area contributed by atoms with Crippen LogP contribution >= 0.6 is 0 Å². The highest BCUT2D eigenvalue weighted by Crippen LogP contribution is 2.03. The van der Waals surface area contributed by atoms with Crippen LogP contribution in [0, 0.1) is 12.3 Å². The molecule has 1 heteroatoms. The standard InChI is InChI=1S/C8H18N/c1-5-6-8(2)7-9(3)4/h6,8H,5,7H2,1-4H3. The molecule has 0 N–H and O–H groups in total. The van der Waals surface area contributed by atoms with E-state index < -0.39 is 0 Å². The van der Waals surface area contributed by atoms with Crippen LogP contribution in [0.2, 0.25) is 0 Å². The molecule has 0 bridgehead atoms. The first-order valence-corrected chi connectivity index (χ1v) is 3.64. The van der Waals surface area contributed by atoms with Crippen molar-refractivity contribution >= 4 is 0 Å². The molecule has 0 heterocycles. The smallest absolute Gasteiger partial charge is 0.000367 e. The van der Waals surface area contributed by atoms with Gasteiger partial charge in [0.25, 0.3) is 0 Å². The van der Waals surface area contributed by atoms with Crippen LogP contribution in [0.3, 0.4) is 0 Å². The molecule has 1 nitrogen and oxygen atoms in total. The van der Waals surface area contributed by atoms with Crippen molar-refractivity contribution in [2.45, 2.75) is 20.3 Å². The molecule has 0 saturated carbocycles. The second-order valence-corrected chi connectivity index (χ2v) is 2.88. The zero-order chi connectivity index (χ0) is 7.28. The maximum absolute atomic E-state index is 2.35. The van der Waals surface area contributed by atoms with Crippen molar-refractivity contribution in [1.82, 2.24) is 4.90 Å². The molecule has 0 spiro atoms. The van der Waals surface area contributed by atoms with Crippen LogP contribution in [-0.4, -0.2) is 25.5 Å². The van der Waals surface area contributed by atoms with E-state index >= 15 is 0 Å². The van der Waals surface area contributed by atoms with Crippen LogP contribution in [0.4, 0.5) is 0 Å². The third-order valence-corrected chi connectivity index (χ3v) is 1.29. The number of nitrogens with zero attached hydrogens (tertiary/aromatic N) is 1. The topological polar surface area (TPSA) is 3.24 Å². The van der Waals surface area contributed by atoms with Crippen molar-refractivity contribution in [3.8, 4) is 0 Å². The van der Waals surface area contributed by atoms with E-state index in [-0.39, 0.29) is 0 Å². The van der Waals surface area contributed by atoms with Crippen LogP contribution in [0.1, 0.15) is 20.3 Å². The first-order valence-electron chi connectivity index (χ1n) is 3.64. The molecule has 0 amide bonds. The van der Waals surface area contributed by atoms with E-state index in [4.69, 9.17) is 0 Å². The monoisotopic (exact) mass is 128 g/mol. The summed E-state index contributed by atoms with van der Waals surface area (Å²) in [5.41, 5.74) is 0. The molecule has 0 aliphatic carbocycles. The summed E-state index contributed by atoms with van der Waals surface area (Å²) in [5.74, 6) is 0.741. The quantitative estimate of drug-likeness (QED) is 0.558. The molecule has 0 aliphatic rings. The van der Waals surface area contributed by atoms with Gasteiger partial charge in [-0.2, -0.15) is 0 Å². The molecular formula is C8H18N. The number of hydrogen-bond acceptors (Lipinski definition) is 1. The highest BCUT2D eigenvalue weighted by Gasteiger charge is 2.00. The van der Waals surface area contributed by atoms with Crippen molar-refractivity contribution in [3.63, 3.8) is 0 Å². The van der Waals surface area contributed by atoms with Crippen molar-refractivity contribution in [1.29, 1.82) is 0 Å². The minimum atomic E-state index is 0.741. The fourth-order valence-corrected chi connectivity index (χ4v) is 1.05. The summed E-state index contributed by atoms with van der Waals surface area (Å²) in [4.78, 5) is 2.22. The van der Waals surface area contributed by atoms with E-state index in [1.165, 1.54) is 13.0 Å². The third-order valence-electron chi connectivity index (χ3n) is 1.29. The molecule has 0 rings (SSSR count). The van der Waals surface area contributed by atoms with Gasteiger partial charge in [-0.3, -0.25) is 0 Å². The lowest BCUT2D eigenvalue weighted by Gasteiger charge is -2.14. The van der Waals surface area contributed by atoms with E-state index in [1.807, 2.05) is 0 Å². The van der Waals surface area contributed by atoms with Gasteiger partial charge in [-0.15, -0.1) is 0 Å². The van der Waals surface area contributed by atoms with Crippen LogP contribution < -0.4 is 0 Å². The Balaban J connectivity index is 3.15. The second kappa shape index (κ2) is 4.80. The third kappa shape index (κ3) is 5.84. The summed E-state index contributed by atoms with van der Waals surface area (Å²) in [5, 5.41) is 0. The van der Waals surface area contributed by atoms with Gasteiger partial charge in [0, 0.05) is 6.54 Å². The lowest BCUT2D eigenvalue weighted by molar-refractivity contribution is 0.358. The Hall–Kier alpha value is -0.0400. The Morgan fingerprint density at radius 3 is 2.33 bits per heavy atom. The maximum Gasteiger partial charge on any atom is 0.000367 e. The number of hydrogen-bond donors (Lipinski definition) is 0. The minimum Gasteiger partial charge on any atom is -0.309 e. The molecule has 55 valence electrons. The van der Waals surface area contributed by atoms with Gasteiger partial charge in [-0.25, -0.2) is 0 Å². The predicted octanol–water partition coefficient (Wildman–Crippen LogP) is 1.80. The van der Waals surface area contributed by atoms with E-state index in [0.717, 1.165) is 5.92 Å². The van der Waals surface area contributed by atoms with Crippen LogP contribution in [0.5, 0.6) is 0 Å². The molecule has 0 fully saturated rings. The van der Waals surface area contributed by atoms with Gasteiger partial charge in [0.05, 0.1) is 0 Å². The van der Waals surface area contributed by atoms with E-state index in [0.29, 0.717) is 0 Å². The van der Waals surface area contributed by atoms with Crippen molar-refractivity contribution in [3.05, 3.63) is 6.42 Å². The van der Waals surface area contributed by atoms with Crippen molar-refractivity contribution in [2.75, 3.05) is 20.6 Å². The summed E-state index contributed by atoms with van der Waals surface area (Å²) in [6, 6.07) is 0. The molecule has 0 aliphatic heterocycles. The number of rotatable bonds is 4. The Morgan fingerprint density at radius 2 is 2.00 bits per heavy atom. The molecule has 1 atom stereocenters. The SMILES string of the molecule is CC[CH]C(C)CN(C)C. The predicted molar refractivity (Wildman–Crippen MR) is 42.3 cm³/mol. The molecule has 0 aromatic rings. The zero-order valence-corrected chi connectivity index (χ0v) is 7.02. The fraction of sp³-hybridized carbons (Fsp3) is 0.875. The van der Waals surface area contributed by atoms with Crippen LogP contribution in [0.15, 0.2) is 0 Å². The molecular weight excluding hydrogens is 110 g/mol. The van der Waals surface area contributed by atoms with E-state index in [2.05, 4.69) is 39.3 Å². The Bertz CT molecular complexity index is 59.6. The average Bonchev–Trinajstić information content (AvgIpc) is 1.63. The van der Waals surface area contributed by atoms with E-state index in [1.54, 1.807) is 0 Å². The highest BCUT2D eigenvalue weighted by molar-refractivity contribution is 4.71. The van der Waals surface area contributed by atoms with E-state index in [9.17, 15) is 0 Å². The van der Waals surface area contributed by atoms with Gasteiger partial charge in [0.1, 0.15) is 0 Å². The van der Waals surface area contributed by atoms with Gasteiger partial charge in [-0.1, -0.05) is 20.3 Å². The Morgan fingerprint density at radius 1 is 1.44 bits per heavy atom. The largest absolute Gasteiger partial charge is 0.309 e. The van der Waals surface area contributed by atoms with Crippen LogP contribution in [-0.2, 0) is 0 Å². The maximum atomic E-state index is 2.35. The highest BCUT2D eigenvalue weighted by atomic mass is 15.1. The summed E-state index contributed by atoms with van der Waals surface area (Å²) in [7, 11) is 4.22. The molecule has 0 aromatic carbocycles. The summed E-state index contributed by atoms with van der Waals surface area (Å²) >= 11 is 0. The van der Waals surface area contributed by atoms with Crippen molar-refractivity contribution < 1.29 is 0 Å². The van der Waals surface area contributed by atoms with Crippen molar-refractivity contribution in [2.24, 2.45) is 5.92 Å². The van der Waals surface area contributed by atoms with Gasteiger partial charge < -0.3 is 4.90 Å². The average molecular weight is 128 g/mol. The summed E-state index contributed by atoms with van der Waals surface area (Å²) in [6.45, 7) is 5.61. The molecule has 9 heavy (non-hydrogen) atoms. The normalized spacial score (nSPS) is 14.3. The molecule has 0 saturated heterocycles. The Kier molecular flexibility index (Phi) is 4.78. The van der Waals surface area contributed by atoms with Gasteiger partial charge in [-0.05, 0) is 26.4 Å². The fourth-order valence-electron chi connectivity index (χ4n) is 1.05. The van der Waals surface area contributed by atoms with Gasteiger partial charge in [0.15, 0.2) is 0 Å². The summed E-state index contributed by atoms with van der Waals surface area (Å²) in [6.07, 6.45) is 3.54. The first kappa shape index (κ1) is 8.96. The molecule has 1 unspecified atom stereocenters.